The van der Waals surface area contributed by atoms with Gasteiger partial charge in [-0.1, -0.05) is 7.43 Å². The molecule has 0 radical (unpaired) electrons. The first kappa shape index (κ1) is 39.5. The maximum absolute atomic E-state index is 12.0. The standard InChI is InChI=1S/C13H24N2O4.C11H19NO4.C2H7NO.CH4/c1-13(2,3)19-12(17)15-8-6-7-10(9-15)11(16)14(4)18-5;1-11(2,3)16-10(15)12-6-4-5-8(7-12)9(13)14;1-3-4-2;/h10H,6-9H2,1-5H3;8H,4-7H2,1-3H3,(H,13,14);3H,1-2H3;1H4/t10-;8-;;/m11../s1. The average molecular weight is 579 g/mol. The predicted octanol–water partition coefficient (Wildman–Crippen LogP) is 3.77. The van der Waals surface area contributed by atoms with Gasteiger partial charge in [-0.25, -0.2) is 20.1 Å². The van der Waals surface area contributed by atoms with E-state index in [4.69, 9.17) is 19.4 Å². The van der Waals surface area contributed by atoms with E-state index in [1.165, 1.54) is 17.1 Å². The number of carbonyl (C=O) groups is 4. The van der Waals surface area contributed by atoms with Crippen LogP contribution < -0.4 is 5.48 Å². The maximum Gasteiger partial charge on any atom is 0.410 e. The number of ether oxygens (including phenoxy) is 2. The van der Waals surface area contributed by atoms with Gasteiger partial charge in [0.15, 0.2) is 0 Å². The molecule has 2 fully saturated rings. The summed E-state index contributed by atoms with van der Waals surface area (Å²) in [6.07, 6.45) is 2.15. The van der Waals surface area contributed by atoms with Crippen LogP contribution in [0.15, 0.2) is 0 Å². The van der Waals surface area contributed by atoms with Crippen molar-refractivity contribution in [3.63, 3.8) is 0 Å². The van der Waals surface area contributed by atoms with Crippen LogP contribution in [0.2, 0.25) is 0 Å². The van der Waals surface area contributed by atoms with Crippen molar-refractivity contribution in [3.05, 3.63) is 0 Å². The Morgan fingerprint density at radius 2 is 1.20 bits per heavy atom. The Bertz CT molecular complexity index is 779. The van der Waals surface area contributed by atoms with Crippen LogP contribution in [0.3, 0.4) is 0 Å². The quantitative estimate of drug-likeness (QED) is 0.472. The summed E-state index contributed by atoms with van der Waals surface area (Å²) >= 11 is 0. The summed E-state index contributed by atoms with van der Waals surface area (Å²) in [5.74, 6) is -1.61. The number of aliphatic carboxylic acids is 1. The summed E-state index contributed by atoms with van der Waals surface area (Å²) in [5, 5.41) is 10.1. The fraction of sp³-hybridized carbons (Fsp3) is 0.852. The topological polar surface area (TPSA) is 147 Å². The van der Waals surface area contributed by atoms with Crippen molar-refractivity contribution in [1.29, 1.82) is 0 Å². The van der Waals surface area contributed by atoms with E-state index in [9.17, 15) is 19.2 Å². The molecular formula is C27H54N4O9. The van der Waals surface area contributed by atoms with E-state index >= 15 is 0 Å². The summed E-state index contributed by atoms with van der Waals surface area (Å²) in [7, 11) is 6.31. The van der Waals surface area contributed by atoms with Gasteiger partial charge in [-0.05, 0) is 67.2 Å². The largest absolute Gasteiger partial charge is 0.481 e. The summed E-state index contributed by atoms with van der Waals surface area (Å²) < 4.78 is 10.5. The lowest BCUT2D eigenvalue weighted by atomic mass is 9.97. The number of nitrogens with zero attached hydrogens (tertiary/aromatic N) is 3. The van der Waals surface area contributed by atoms with Crippen LogP contribution in [-0.2, 0) is 28.7 Å². The molecule has 0 saturated carbocycles. The molecule has 2 rings (SSSR count). The van der Waals surface area contributed by atoms with E-state index in [0.717, 1.165) is 19.3 Å². The molecule has 0 unspecified atom stereocenters. The zero-order chi connectivity index (χ0) is 30.4. The first-order chi connectivity index (χ1) is 17.9. The molecule has 0 aromatic carbocycles. The molecule has 3 amide bonds. The van der Waals surface area contributed by atoms with E-state index in [1.54, 1.807) is 46.9 Å². The molecule has 0 spiro atoms. The van der Waals surface area contributed by atoms with Crippen molar-refractivity contribution >= 4 is 24.1 Å². The number of hydroxylamine groups is 3. The third kappa shape index (κ3) is 16.5. The number of likely N-dealkylation sites (tertiary alicyclic amines) is 2. The number of hydrogen-bond donors (Lipinski definition) is 2. The van der Waals surface area contributed by atoms with E-state index in [2.05, 4.69) is 10.3 Å². The highest BCUT2D eigenvalue weighted by Gasteiger charge is 2.33. The SMILES string of the molecule is C.CC(C)(C)OC(=O)N1CCC[C@@H](C(=O)O)C1.CNOC.CON(C)C(=O)[C@@H]1CCCN(C(=O)OC(C)(C)C)C1. The zero-order valence-corrected chi connectivity index (χ0v) is 25.4. The van der Waals surface area contributed by atoms with Gasteiger partial charge in [0.1, 0.15) is 11.2 Å². The van der Waals surface area contributed by atoms with Gasteiger partial charge in [0.25, 0.3) is 5.91 Å². The molecular weight excluding hydrogens is 524 g/mol. The van der Waals surface area contributed by atoms with Crippen molar-refractivity contribution in [2.24, 2.45) is 11.8 Å². The van der Waals surface area contributed by atoms with Crippen molar-refractivity contribution < 1.29 is 43.4 Å². The molecule has 2 heterocycles. The minimum absolute atomic E-state index is 0. The van der Waals surface area contributed by atoms with Gasteiger partial charge in [-0.15, -0.1) is 0 Å². The molecule has 2 aliphatic heterocycles. The van der Waals surface area contributed by atoms with Crippen LogP contribution in [-0.4, -0.2) is 110 Å². The highest BCUT2D eigenvalue weighted by atomic mass is 16.7. The maximum atomic E-state index is 12.0. The van der Waals surface area contributed by atoms with Gasteiger partial charge in [0.2, 0.25) is 0 Å². The second kappa shape index (κ2) is 18.7. The molecule has 2 N–H and O–H groups in total. The molecule has 0 aliphatic carbocycles. The number of nitrogens with one attached hydrogen (secondary N) is 1. The molecule has 13 nitrogen and oxygen atoms in total. The Kier molecular flexibility index (Phi) is 18.4. The van der Waals surface area contributed by atoms with Crippen molar-refractivity contribution in [2.75, 3.05) is 54.5 Å². The summed E-state index contributed by atoms with van der Waals surface area (Å²) in [4.78, 5) is 58.8. The van der Waals surface area contributed by atoms with Gasteiger partial charge >= 0.3 is 18.2 Å². The molecule has 2 atom stereocenters. The molecule has 2 saturated heterocycles. The molecule has 236 valence electrons. The van der Waals surface area contributed by atoms with Crippen LogP contribution in [0.25, 0.3) is 0 Å². The first-order valence-electron chi connectivity index (χ1n) is 13.2. The Morgan fingerprint density at radius 3 is 1.52 bits per heavy atom. The Morgan fingerprint density at radius 1 is 0.825 bits per heavy atom. The van der Waals surface area contributed by atoms with Crippen molar-refractivity contribution in [1.82, 2.24) is 20.3 Å². The lowest BCUT2D eigenvalue weighted by Gasteiger charge is -2.34. The summed E-state index contributed by atoms with van der Waals surface area (Å²) in [6.45, 7) is 12.7. The number of carboxylic acids is 1. The minimum Gasteiger partial charge on any atom is -0.481 e. The number of hydrogen-bond acceptors (Lipinski definition) is 9. The highest BCUT2D eigenvalue weighted by Crippen LogP contribution is 2.21. The molecule has 2 aliphatic rings. The lowest BCUT2D eigenvalue weighted by molar-refractivity contribution is -0.174. The fourth-order valence-electron chi connectivity index (χ4n) is 3.69. The number of carbonyl (C=O) groups excluding carboxylic acids is 3. The molecule has 0 aromatic heterocycles. The van der Waals surface area contributed by atoms with Gasteiger partial charge in [-0.3, -0.25) is 14.4 Å². The lowest BCUT2D eigenvalue weighted by Crippen LogP contribution is -2.47. The van der Waals surface area contributed by atoms with E-state index in [1.807, 2.05) is 20.8 Å². The Hall–Kier alpha value is -2.64. The number of carboxylic acid groups (broad SMARTS) is 1. The smallest absolute Gasteiger partial charge is 0.410 e. The molecule has 0 bridgehead atoms. The normalized spacial score (nSPS) is 18.9. The molecule has 0 aromatic rings. The average Bonchev–Trinajstić information content (AvgIpc) is 2.86. The monoisotopic (exact) mass is 578 g/mol. The Balaban J connectivity index is 0. The molecule has 13 heteroatoms. The predicted molar refractivity (Wildman–Crippen MR) is 151 cm³/mol. The van der Waals surface area contributed by atoms with Crippen LogP contribution in [0.1, 0.15) is 74.7 Å². The molecule has 40 heavy (non-hydrogen) atoms. The van der Waals surface area contributed by atoms with E-state index < -0.39 is 29.2 Å². The number of rotatable bonds is 4. The van der Waals surface area contributed by atoms with Crippen LogP contribution in [0.4, 0.5) is 9.59 Å². The fourth-order valence-corrected chi connectivity index (χ4v) is 3.69. The minimum atomic E-state index is -0.840. The van der Waals surface area contributed by atoms with Gasteiger partial charge < -0.3 is 29.2 Å². The van der Waals surface area contributed by atoms with E-state index in [-0.39, 0.29) is 31.9 Å². The van der Waals surface area contributed by atoms with Gasteiger partial charge in [0, 0.05) is 40.3 Å². The van der Waals surface area contributed by atoms with Gasteiger partial charge in [-0.2, -0.15) is 0 Å². The van der Waals surface area contributed by atoms with Crippen molar-refractivity contribution in [3.8, 4) is 0 Å². The second-order valence-corrected chi connectivity index (χ2v) is 11.3. The van der Waals surface area contributed by atoms with Crippen LogP contribution in [0.5, 0.6) is 0 Å². The summed E-state index contributed by atoms with van der Waals surface area (Å²) in [6, 6.07) is 0. The summed E-state index contributed by atoms with van der Waals surface area (Å²) in [5.41, 5.74) is 1.38. The van der Waals surface area contributed by atoms with E-state index in [0.29, 0.717) is 26.1 Å². The Labute approximate surface area is 240 Å². The number of piperidine rings is 2. The second-order valence-electron chi connectivity index (χ2n) is 11.3. The third-order valence-corrected chi connectivity index (χ3v) is 5.63. The third-order valence-electron chi connectivity index (χ3n) is 5.63. The highest BCUT2D eigenvalue weighted by molar-refractivity contribution is 5.79. The van der Waals surface area contributed by atoms with Crippen LogP contribution >= 0.6 is 0 Å². The first-order valence-corrected chi connectivity index (χ1v) is 13.2. The number of amides is 3. The van der Waals surface area contributed by atoms with Crippen molar-refractivity contribution in [2.45, 2.75) is 85.9 Å². The zero-order valence-electron chi connectivity index (χ0n) is 25.4. The van der Waals surface area contributed by atoms with Gasteiger partial charge in [0.05, 0.1) is 26.1 Å². The van der Waals surface area contributed by atoms with Crippen LogP contribution in [0, 0.1) is 11.8 Å².